The second-order valence-corrected chi connectivity index (χ2v) is 9.09. The molecule has 1 amide bonds. The number of amides is 1. The highest BCUT2D eigenvalue weighted by atomic mass is 16.5. The number of ether oxygens (including phenoxy) is 1. The monoisotopic (exact) mass is 474 g/mol. The Morgan fingerprint density at radius 1 is 0.943 bits per heavy atom. The van der Waals surface area contributed by atoms with E-state index in [1.165, 1.54) is 12.7 Å². The average molecular weight is 475 g/mol. The molecule has 0 N–H and O–H groups in total. The second-order valence-electron chi connectivity index (χ2n) is 9.09. The van der Waals surface area contributed by atoms with Gasteiger partial charge in [0.25, 0.3) is 5.91 Å². The molecular formula is C28H34N4O3. The van der Waals surface area contributed by atoms with E-state index in [0.29, 0.717) is 18.4 Å². The molecule has 0 aliphatic carbocycles. The van der Waals surface area contributed by atoms with Crippen molar-refractivity contribution in [1.82, 2.24) is 19.6 Å². The zero-order chi connectivity index (χ0) is 24.8. The highest BCUT2D eigenvalue weighted by Gasteiger charge is 2.21. The first kappa shape index (κ1) is 24.7. The number of nitrogens with zero attached hydrogens (tertiary/aromatic N) is 4. The number of carbonyl (C=O) groups is 2. The van der Waals surface area contributed by atoms with E-state index in [9.17, 15) is 9.59 Å². The second kappa shape index (κ2) is 11.3. The van der Waals surface area contributed by atoms with Gasteiger partial charge < -0.3 is 9.64 Å². The molecule has 2 heterocycles. The van der Waals surface area contributed by atoms with Crippen LogP contribution in [0.1, 0.15) is 45.7 Å². The maximum atomic E-state index is 13.2. The molecule has 0 bridgehead atoms. The lowest BCUT2D eigenvalue weighted by Crippen LogP contribution is -2.35. The van der Waals surface area contributed by atoms with Crippen LogP contribution in [0.3, 0.4) is 0 Å². The lowest BCUT2D eigenvalue weighted by Gasteiger charge is -2.22. The van der Waals surface area contributed by atoms with Gasteiger partial charge >= 0.3 is 5.97 Å². The van der Waals surface area contributed by atoms with Crippen molar-refractivity contribution in [2.24, 2.45) is 0 Å². The predicted octanol–water partition coefficient (Wildman–Crippen LogP) is 3.94. The smallest absolute Gasteiger partial charge is 0.305 e. The van der Waals surface area contributed by atoms with Crippen LogP contribution in [0, 0.1) is 13.8 Å². The first-order chi connectivity index (χ1) is 17.0. The van der Waals surface area contributed by atoms with Gasteiger partial charge in [0.05, 0.1) is 18.5 Å². The van der Waals surface area contributed by atoms with Crippen LogP contribution in [-0.4, -0.2) is 64.7 Å². The average Bonchev–Trinajstić information content (AvgIpc) is 3.02. The minimum atomic E-state index is -0.226. The molecule has 0 atom stereocenters. The molecule has 184 valence electrons. The number of benzene rings is 2. The molecule has 4 rings (SSSR count). The normalized spacial score (nSPS) is 14.5. The summed E-state index contributed by atoms with van der Waals surface area (Å²) in [5.41, 5.74) is 5.85. The van der Waals surface area contributed by atoms with Crippen molar-refractivity contribution in [2.75, 3.05) is 33.3 Å². The van der Waals surface area contributed by atoms with Gasteiger partial charge in [0.15, 0.2) is 0 Å². The third-order valence-electron chi connectivity index (χ3n) is 6.73. The summed E-state index contributed by atoms with van der Waals surface area (Å²) in [6.45, 7) is 8.24. The Labute approximate surface area is 207 Å². The minimum Gasteiger partial charge on any atom is -0.469 e. The molecule has 1 aromatic heterocycles. The number of aromatic nitrogens is 2. The van der Waals surface area contributed by atoms with Crippen LogP contribution in [0.2, 0.25) is 0 Å². The van der Waals surface area contributed by atoms with Crippen LogP contribution in [0.25, 0.3) is 5.69 Å². The number of hydrogen-bond acceptors (Lipinski definition) is 5. The summed E-state index contributed by atoms with van der Waals surface area (Å²) in [5, 5.41) is 4.67. The van der Waals surface area contributed by atoms with Crippen LogP contribution in [0.4, 0.5) is 0 Å². The molecule has 0 saturated carbocycles. The maximum Gasteiger partial charge on any atom is 0.305 e. The van der Waals surface area contributed by atoms with Gasteiger partial charge in [-0.1, -0.05) is 30.3 Å². The Kier molecular flexibility index (Phi) is 7.98. The maximum absolute atomic E-state index is 13.2. The summed E-state index contributed by atoms with van der Waals surface area (Å²) >= 11 is 0. The number of aryl methyl sites for hydroxylation is 1. The van der Waals surface area contributed by atoms with Crippen molar-refractivity contribution in [3.8, 4) is 5.69 Å². The van der Waals surface area contributed by atoms with E-state index in [-0.39, 0.29) is 11.9 Å². The summed E-state index contributed by atoms with van der Waals surface area (Å²) in [7, 11) is 1.40. The number of rotatable bonds is 7. The van der Waals surface area contributed by atoms with E-state index in [2.05, 4.69) is 34.3 Å². The number of carbonyl (C=O) groups excluding carboxylic acids is 2. The van der Waals surface area contributed by atoms with Gasteiger partial charge in [0.1, 0.15) is 0 Å². The van der Waals surface area contributed by atoms with Gasteiger partial charge in [-0.15, -0.1) is 0 Å². The van der Waals surface area contributed by atoms with Crippen LogP contribution in [-0.2, 0) is 22.5 Å². The van der Waals surface area contributed by atoms with E-state index in [1.807, 2.05) is 53.8 Å². The largest absolute Gasteiger partial charge is 0.469 e. The molecule has 35 heavy (non-hydrogen) atoms. The highest BCUT2D eigenvalue weighted by Crippen LogP contribution is 2.21. The zero-order valence-electron chi connectivity index (χ0n) is 20.9. The molecule has 1 fully saturated rings. The summed E-state index contributed by atoms with van der Waals surface area (Å²) in [6.07, 6.45) is 1.89. The van der Waals surface area contributed by atoms with Gasteiger partial charge in [0.2, 0.25) is 0 Å². The van der Waals surface area contributed by atoms with Crippen molar-refractivity contribution in [2.45, 2.75) is 39.7 Å². The fourth-order valence-corrected chi connectivity index (χ4v) is 4.72. The number of esters is 1. The van der Waals surface area contributed by atoms with Gasteiger partial charge in [-0.05, 0) is 62.1 Å². The fourth-order valence-electron chi connectivity index (χ4n) is 4.72. The van der Waals surface area contributed by atoms with Gasteiger partial charge in [0, 0.05) is 50.4 Å². The van der Waals surface area contributed by atoms with E-state index in [0.717, 1.165) is 61.8 Å². The molecule has 1 aliphatic rings. The number of hydrogen-bond donors (Lipinski definition) is 0. The first-order valence-electron chi connectivity index (χ1n) is 12.2. The van der Waals surface area contributed by atoms with Crippen LogP contribution >= 0.6 is 0 Å². The molecule has 7 heteroatoms. The van der Waals surface area contributed by atoms with E-state index in [1.54, 1.807) is 0 Å². The van der Waals surface area contributed by atoms with Gasteiger partial charge in [-0.25, -0.2) is 4.68 Å². The molecule has 3 aromatic rings. The molecule has 1 saturated heterocycles. The van der Waals surface area contributed by atoms with Crippen molar-refractivity contribution >= 4 is 11.9 Å². The van der Waals surface area contributed by atoms with Crippen molar-refractivity contribution in [1.29, 1.82) is 0 Å². The Morgan fingerprint density at radius 3 is 2.40 bits per heavy atom. The van der Waals surface area contributed by atoms with Crippen molar-refractivity contribution in [3.05, 3.63) is 82.7 Å². The fraction of sp³-hybridized carbons (Fsp3) is 0.393. The summed E-state index contributed by atoms with van der Waals surface area (Å²) in [6, 6.07) is 18.1. The predicted molar refractivity (Wildman–Crippen MR) is 136 cm³/mol. The van der Waals surface area contributed by atoms with Gasteiger partial charge in [-0.3, -0.25) is 14.5 Å². The van der Waals surface area contributed by atoms with Crippen LogP contribution in [0.5, 0.6) is 0 Å². The Hall–Kier alpha value is -3.45. The lowest BCUT2D eigenvalue weighted by molar-refractivity contribution is -0.140. The third kappa shape index (κ3) is 5.98. The van der Waals surface area contributed by atoms with E-state index < -0.39 is 0 Å². The van der Waals surface area contributed by atoms with E-state index in [4.69, 9.17) is 4.74 Å². The Morgan fingerprint density at radius 2 is 1.69 bits per heavy atom. The number of methoxy groups -OCH3 is 1. The molecule has 0 unspecified atom stereocenters. The molecule has 0 spiro atoms. The molecule has 7 nitrogen and oxygen atoms in total. The topological polar surface area (TPSA) is 67.7 Å². The summed E-state index contributed by atoms with van der Waals surface area (Å²) in [4.78, 5) is 29.1. The summed E-state index contributed by atoms with van der Waals surface area (Å²) < 4.78 is 6.64. The van der Waals surface area contributed by atoms with Crippen LogP contribution < -0.4 is 0 Å². The van der Waals surface area contributed by atoms with Crippen LogP contribution in [0.15, 0.2) is 54.6 Å². The molecule has 1 aliphatic heterocycles. The third-order valence-corrected chi connectivity index (χ3v) is 6.73. The van der Waals surface area contributed by atoms with E-state index >= 15 is 0 Å². The quantitative estimate of drug-likeness (QED) is 0.485. The van der Waals surface area contributed by atoms with Gasteiger partial charge in [-0.2, -0.15) is 5.10 Å². The SMILES string of the molecule is COC(=O)CCc1c(C)nn(-c2ccc(C(=O)N3CCCN(Cc4ccccc4)CC3)cc2)c1C. The molecular weight excluding hydrogens is 440 g/mol. The Bertz CT molecular complexity index is 1150. The van der Waals surface area contributed by atoms with Crippen molar-refractivity contribution in [3.63, 3.8) is 0 Å². The molecule has 0 radical (unpaired) electrons. The highest BCUT2D eigenvalue weighted by molar-refractivity contribution is 5.94. The lowest BCUT2D eigenvalue weighted by atomic mass is 10.1. The zero-order valence-corrected chi connectivity index (χ0v) is 20.9. The standard InChI is InChI=1S/C28H34N4O3/c1-21-26(14-15-27(33)35-3)22(2)32(29-21)25-12-10-24(11-13-25)28(34)31-17-7-16-30(18-19-31)20-23-8-5-4-6-9-23/h4-6,8-13H,7,14-20H2,1-3H3. The molecule has 2 aromatic carbocycles. The Balaban J connectivity index is 1.40. The summed E-state index contributed by atoms with van der Waals surface area (Å²) in [5.74, 6) is -0.152. The minimum absolute atomic E-state index is 0.0743. The first-order valence-corrected chi connectivity index (χ1v) is 12.2. The van der Waals surface area contributed by atoms with Crippen molar-refractivity contribution < 1.29 is 14.3 Å².